The molecule has 3 N–H and O–H groups in total. The molecule has 0 aliphatic heterocycles. The number of rotatable bonds is 5. The largest absolute Gasteiger partial charge is 0.383 e. The van der Waals surface area contributed by atoms with Crippen LogP contribution in [0.15, 0.2) is 53.6 Å². The van der Waals surface area contributed by atoms with Gasteiger partial charge >= 0.3 is 16.1 Å². The van der Waals surface area contributed by atoms with Crippen molar-refractivity contribution in [1.82, 2.24) is 5.43 Å². The molecule has 0 radical (unpaired) electrons. The minimum atomic E-state index is -3.61. The third kappa shape index (κ3) is 5.25. The fraction of sp³-hybridized carbons (Fsp3) is 0.0667. The lowest BCUT2D eigenvalue weighted by Gasteiger charge is -2.09. The molecular formula is C15H14ClN3O4S. The fourth-order valence-corrected chi connectivity index (χ4v) is 2.44. The van der Waals surface area contributed by atoms with Crippen LogP contribution in [0, 0.1) is 0 Å². The highest BCUT2D eigenvalue weighted by molar-refractivity contribution is 7.86. The molecule has 9 heteroatoms. The molecule has 0 heterocycles. The Balaban J connectivity index is 2.38. The summed E-state index contributed by atoms with van der Waals surface area (Å²) in [7, 11) is -3.61. The van der Waals surface area contributed by atoms with Crippen LogP contribution < -0.4 is 15.3 Å². The standard InChI is InChI=1S/C15H14ClN3O4S/c1-24(21,22)23-13-8-4-11(5-9-13)14(18-19-15(17)20)10-2-6-12(16)7-3-10/h2-9H,1H3,(H3,17,19,20). The number of nitrogens with zero attached hydrogens (tertiary/aromatic N) is 1. The zero-order valence-electron chi connectivity index (χ0n) is 12.6. The molecule has 0 saturated heterocycles. The third-order valence-corrected chi connectivity index (χ3v) is 3.52. The summed E-state index contributed by atoms with van der Waals surface area (Å²) in [6.07, 6.45) is 0.957. The fourth-order valence-electron chi connectivity index (χ4n) is 1.86. The number of carbonyl (C=O) groups excluding carboxylic acids is 1. The summed E-state index contributed by atoms with van der Waals surface area (Å²) >= 11 is 5.87. The van der Waals surface area contributed by atoms with Crippen molar-refractivity contribution in [2.24, 2.45) is 10.8 Å². The molecule has 7 nitrogen and oxygen atoms in total. The number of benzene rings is 2. The number of hydrogen-bond donors (Lipinski definition) is 2. The molecule has 0 aliphatic carbocycles. The van der Waals surface area contributed by atoms with E-state index in [9.17, 15) is 13.2 Å². The van der Waals surface area contributed by atoms with Gasteiger partial charge in [-0.05, 0) is 36.4 Å². The third-order valence-electron chi connectivity index (χ3n) is 2.77. The molecule has 2 amide bonds. The van der Waals surface area contributed by atoms with Crippen LogP contribution in [0.25, 0.3) is 0 Å². The predicted octanol–water partition coefficient (Wildman–Crippen LogP) is 2.10. The SMILES string of the molecule is CS(=O)(=O)Oc1ccc(C(=NNC(N)=O)c2ccc(Cl)cc2)cc1. The van der Waals surface area contributed by atoms with Gasteiger partial charge in [0.25, 0.3) is 0 Å². The van der Waals surface area contributed by atoms with E-state index in [1.165, 1.54) is 12.1 Å². The van der Waals surface area contributed by atoms with Gasteiger partial charge in [0.1, 0.15) is 5.75 Å². The molecule has 0 aliphatic rings. The van der Waals surface area contributed by atoms with Crippen LogP contribution in [0.1, 0.15) is 11.1 Å². The molecule has 2 rings (SSSR count). The smallest absolute Gasteiger partial charge is 0.332 e. The molecule has 0 atom stereocenters. The first-order valence-electron chi connectivity index (χ1n) is 6.63. The number of nitrogens with one attached hydrogen (secondary N) is 1. The predicted molar refractivity (Wildman–Crippen MR) is 91.7 cm³/mol. The minimum Gasteiger partial charge on any atom is -0.383 e. The zero-order valence-corrected chi connectivity index (χ0v) is 14.1. The Bertz CT molecular complexity index is 863. The second kappa shape index (κ2) is 7.33. The second-order valence-corrected chi connectivity index (χ2v) is 6.77. The number of amides is 2. The first kappa shape index (κ1) is 17.8. The molecule has 0 saturated carbocycles. The van der Waals surface area contributed by atoms with E-state index in [1.807, 2.05) is 0 Å². The summed E-state index contributed by atoms with van der Waals surface area (Å²) in [5.74, 6) is 0.166. The lowest BCUT2D eigenvalue weighted by Crippen LogP contribution is -2.26. The van der Waals surface area contributed by atoms with Gasteiger partial charge < -0.3 is 9.92 Å². The van der Waals surface area contributed by atoms with Crippen molar-refractivity contribution in [3.05, 3.63) is 64.7 Å². The van der Waals surface area contributed by atoms with Crippen molar-refractivity contribution >= 4 is 33.5 Å². The Morgan fingerprint density at radius 1 is 1.08 bits per heavy atom. The maximum atomic E-state index is 11.1. The molecule has 126 valence electrons. The van der Waals surface area contributed by atoms with E-state index < -0.39 is 16.1 Å². The topological polar surface area (TPSA) is 111 Å². The molecule has 0 aromatic heterocycles. The van der Waals surface area contributed by atoms with Gasteiger partial charge in [-0.2, -0.15) is 13.5 Å². The van der Waals surface area contributed by atoms with Crippen LogP contribution in [0.3, 0.4) is 0 Å². The van der Waals surface area contributed by atoms with E-state index in [1.54, 1.807) is 36.4 Å². The summed E-state index contributed by atoms with van der Waals surface area (Å²) in [6.45, 7) is 0. The van der Waals surface area contributed by atoms with Crippen molar-refractivity contribution in [3.8, 4) is 5.75 Å². The summed E-state index contributed by atoms with van der Waals surface area (Å²) in [5.41, 5.74) is 8.96. The maximum Gasteiger partial charge on any atom is 0.332 e. The van der Waals surface area contributed by atoms with Gasteiger partial charge in [0, 0.05) is 16.1 Å². The van der Waals surface area contributed by atoms with Crippen molar-refractivity contribution in [1.29, 1.82) is 0 Å². The summed E-state index contributed by atoms with van der Waals surface area (Å²) in [5, 5.41) is 4.54. The minimum absolute atomic E-state index is 0.166. The van der Waals surface area contributed by atoms with Gasteiger partial charge in [0.15, 0.2) is 0 Å². The summed E-state index contributed by atoms with van der Waals surface area (Å²) < 4.78 is 27.0. The second-order valence-electron chi connectivity index (χ2n) is 4.76. The Labute approximate surface area is 144 Å². The van der Waals surface area contributed by atoms with E-state index in [-0.39, 0.29) is 5.75 Å². The van der Waals surface area contributed by atoms with Gasteiger partial charge in [0.05, 0.1) is 12.0 Å². The molecule has 0 bridgehead atoms. The monoisotopic (exact) mass is 367 g/mol. The van der Waals surface area contributed by atoms with E-state index in [4.69, 9.17) is 21.5 Å². The van der Waals surface area contributed by atoms with Gasteiger partial charge in [-0.1, -0.05) is 23.7 Å². The van der Waals surface area contributed by atoms with Crippen molar-refractivity contribution in [2.45, 2.75) is 0 Å². The highest BCUT2D eigenvalue weighted by Gasteiger charge is 2.10. The van der Waals surface area contributed by atoms with E-state index in [0.29, 0.717) is 21.9 Å². The van der Waals surface area contributed by atoms with Crippen LogP contribution in [-0.4, -0.2) is 26.4 Å². The van der Waals surface area contributed by atoms with Crippen LogP contribution in [0.4, 0.5) is 4.79 Å². The summed E-state index contributed by atoms with van der Waals surface area (Å²) in [6, 6.07) is 12.2. The molecule has 0 spiro atoms. The molecular weight excluding hydrogens is 354 g/mol. The average Bonchev–Trinajstić information content (AvgIpc) is 2.49. The molecule has 2 aromatic rings. The van der Waals surface area contributed by atoms with Gasteiger partial charge in [-0.25, -0.2) is 10.2 Å². The molecule has 0 unspecified atom stereocenters. The molecule has 24 heavy (non-hydrogen) atoms. The van der Waals surface area contributed by atoms with Crippen molar-refractivity contribution in [2.75, 3.05) is 6.26 Å². The zero-order chi connectivity index (χ0) is 17.7. The maximum absolute atomic E-state index is 11.1. The number of nitrogens with two attached hydrogens (primary N) is 1. The first-order chi connectivity index (χ1) is 11.2. The lowest BCUT2D eigenvalue weighted by molar-refractivity contribution is 0.249. The Morgan fingerprint density at radius 2 is 1.58 bits per heavy atom. The number of hydrazone groups is 1. The Hall–Kier alpha value is -2.58. The van der Waals surface area contributed by atoms with Crippen LogP contribution >= 0.6 is 11.6 Å². The van der Waals surface area contributed by atoms with E-state index in [0.717, 1.165) is 6.26 Å². The van der Waals surface area contributed by atoms with Gasteiger partial charge in [-0.15, -0.1) is 0 Å². The number of urea groups is 1. The van der Waals surface area contributed by atoms with E-state index >= 15 is 0 Å². The first-order valence-corrected chi connectivity index (χ1v) is 8.83. The highest BCUT2D eigenvalue weighted by atomic mass is 35.5. The van der Waals surface area contributed by atoms with E-state index in [2.05, 4.69) is 10.5 Å². The van der Waals surface area contributed by atoms with Gasteiger partial charge in [0.2, 0.25) is 0 Å². The highest BCUT2D eigenvalue weighted by Crippen LogP contribution is 2.18. The lowest BCUT2D eigenvalue weighted by atomic mass is 10.0. The summed E-state index contributed by atoms with van der Waals surface area (Å²) in [4.78, 5) is 10.9. The quantitative estimate of drug-likeness (QED) is 0.479. The number of halogens is 1. The van der Waals surface area contributed by atoms with Gasteiger partial charge in [-0.3, -0.25) is 0 Å². The van der Waals surface area contributed by atoms with Crippen molar-refractivity contribution in [3.63, 3.8) is 0 Å². The number of primary amides is 1. The average molecular weight is 368 g/mol. The van der Waals surface area contributed by atoms with Crippen LogP contribution in [-0.2, 0) is 10.1 Å². The Kier molecular flexibility index (Phi) is 5.42. The van der Waals surface area contributed by atoms with Crippen LogP contribution in [0.2, 0.25) is 5.02 Å². The molecule has 2 aromatic carbocycles. The Morgan fingerprint density at radius 3 is 2.04 bits per heavy atom. The molecule has 0 fully saturated rings. The number of carbonyl (C=O) groups is 1. The van der Waals surface area contributed by atoms with Crippen LogP contribution in [0.5, 0.6) is 5.75 Å². The van der Waals surface area contributed by atoms with Crippen molar-refractivity contribution < 1.29 is 17.4 Å². The number of hydrogen-bond acceptors (Lipinski definition) is 5. The normalized spacial score (nSPS) is 11.8.